The second-order valence-corrected chi connectivity index (χ2v) is 5.62. The summed E-state index contributed by atoms with van der Waals surface area (Å²) in [7, 11) is 0. The van der Waals surface area contributed by atoms with Crippen molar-refractivity contribution in [3.05, 3.63) is 82.9 Å². The van der Waals surface area contributed by atoms with E-state index in [9.17, 15) is 8.78 Å². The second-order valence-electron chi connectivity index (χ2n) is 5.18. The van der Waals surface area contributed by atoms with Crippen molar-refractivity contribution >= 4 is 11.6 Å². The minimum atomic E-state index is -0.389. The molecule has 0 saturated carbocycles. The smallest absolute Gasteiger partial charge is 0.131 e. The van der Waals surface area contributed by atoms with E-state index in [0.29, 0.717) is 21.7 Å². The van der Waals surface area contributed by atoms with E-state index in [0.717, 1.165) is 11.1 Å². The summed E-state index contributed by atoms with van der Waals surface area (Å²) in [5, 5.41) is 0.600. The molecule has 0 aliphatic heterocycles. The maximum absolute atomic E-state index is 14.4. The molecular formula is C21H19ClF2. The van der Waals surface area contributed by atoms with Gasteiger partial charge in [0.1, 0.15) is 11.6 Å². The summed E-state index contributed by atoms with van der Waals surface area (Å²) in [6.45, 7) is 5.82. The van der Waals surface area contributed by atoms with Crippen molar-refractivity contribution in [2.24, 2.45) is 0 Å². The van der Waals surface area contributed by atoms with Crippen LogP contribution in [0.4, 0.5) is 8.78 Å². The Bertz CT molecular complexity index is 824. The molecule has 0 atom stereocenters. The third-order valence-electron chi connectivity index (χ3n) is 3.56. The molecule has 0 saturated heterocycles. The Labute approximate surface area is 146 Å². The Morgan fingerprint density at radius 1 is 0.667 bits per heavy atom. The van der Waals surface area contributed by atoms with Crippen molar-refractivity contribution in [2.45, 2.75) is 20.8 Å². The summed E-state index contributed by atoms with van der Waals surface area (Å²) in [4.78, 5) is 0. The van der Waals surface area contributed by atoms with Crippen LogP contribution in [-0.4, -0.2) is 0 Å². The van der Waals surface area contributed by atoms with Crippen molar-refractivity contribution in [3.63, 3.8) is 0 Å². The maximum Gasteiger partial charge on any atom is 0.131 e. The maximum atomic E-state index is 14.4. The molecule has 124 valence electrons. The zero-order chi connectivity index (χ0) is 17.7. The normalized spacial score (nSPS) is 10.1. The second kappa shape index (κ2) is 8.07. The van der Waals surface area contributed by atoms with Crippen LogP contribution in [0.5, 0.6) is 0 Å². The lowest BCUT2D eigenvalue weighted by Crippen LogP contribution is -1.89. The van der Waals surface area contributed by atoms with E-state index in [4.69, 9.17) is 11.6 Å². The summed E-state index contributed by atoms with van der Waals surface area (Å²) in [5.74, 6) is -0.738. The molecule has 3 aromatic carbocycles. The standard InChI is InChI=1S/C19H13ClF2.C2H6/c1-12-2-8-17(18(21)10-12)14-5-9-16(19(22)11-14)13-3-6-15(20)7-4-13;1-2/h2-11H,1H3;1-2H3. The molecule has 0 spiro atoms. The van der Waals surface area contributed by atoms with E-state index in [1.54, 1.807) is 42.5 Å². The average molecular weight is 345 g/mol. The molecule has 0 unspecified atom stereocenters. The fraction of sp³-hybridized carbons (Fsp3) is 0.143. The highest BCUT2D eigenvalue weighted by atomic mass is 35.5. The molecule has 0 fully saturated rings. The van der Waals surface area contributed by atoms with Crippen molar-refractivity contribution in [2.75, 3.05) is 0 Å². The molecule has 24 heavy (non-hydrogen) atoms. The van der Waals surface area contributed by atoms with Crippen LogP contribution < -0.4 is 0 Å². The third-order valence-corrected chi connectivity index (χ3v) is 3.81. The van der Waals surface area contributed by atoms with Gasteiger partial charge in [0.05, 0.1) is 0 Å². The van der Waals surface area contributed by atoms with E-state index in [-0.39, 0.29) is 11.6 Å². The minimum Gasteiger partial charge on any atom is -0.206 e. The molecule has 3 aromatic rings. The molecule has 0 radical (unpaired) electrons. The lowest BCUT2D eigenvalue weighted by molar-refractivity contribution is 0.626. The first kappa shape index (κ1) is 18.2. The number of rotatable bonds is 2. The summed E-state index contributed by atoms with van der Waals surface area (Å²) in [6, 6.07) is 16.6. The van der Waals surface area contributed by atoms with Gasteiger partial charge in [0, 0.05) is 16.1 Å². The van der Waals surface area contributed by atoms with Gasteiger partial charge in [0.15, 0.2) is 0 Å². The van der Waals surface area contributed by atoms with Crippen LogP contribution in [-0.2, 0) is 0 Å². The Kier molecular flexibility index (Phi) is 6.10. The molecule has 3 rings (SSSR count). The minimum absolute atomic E-state index is 0.348. The fourth-order valence-corrected chi connectivity index (χ4v) is 2.53. The molecule has 0 nitrogen and oxygen atoms in total. The van der Waals surface area contributed by atoms with Crippen molar-refractivity contribution < 1.29 is 8.78 Å². The van der Waals surface area contributed by atoms with Crippen LogP contribution in [0.25, 0.3) is 22.3 Å². The van der Waals surface area contributed by atoms with Crippen LogP contribution in [0.1, 0.15) is 19.4 Å². The van der Waals surface area contributed by atoms with Crippen molar-refractivity contribution in [3.8, 4) is 22.3 Å². The predicted octanol–water partition coefficient (Wildman–Crippen LogP) is 7.29. The number of hydrogen-bond donors (Lipinski definition) is 0. The van der Waals surface area contributed by atoms with Gasteiger partial charge in [-0.25, -0.2) is 8.78 Å². The van der Waals surface area contributed by atoms with E-state index in [1.165, 1.54) is 12.1 Å². The zero-order valence-electron chi connectivity index (χ0n) is 13.9. The van der Waals surface area contributed by atoms with Crippen LogP contribution in [0, 0.1) is 18.6 Å². The van der Waals surface area contributed by atoms with Gasteiger partial charge >= 0.3 is 0 Å². The fourth-order valence-electron chi connectivity index (χ4n) is 2.40. The largest absolute Gasteiger partial charge is 0.206 e. The topological polar surface area (TPSA) is 0 Å². The van der Waals surface area contributed by atoms with E-state index in [1.807, 2.05) is 26.8 Å². The number of aryl methyl sites for hydroxylation is 1. The van der Waals surface area contributed by atoms with Crippen LogP contribution >= 0.6 is 11.6 Å². The van der Waals surface area contributed by atoms with Crippen LogP contribution in [0.3, 0.4) is 0 Å². The van der Waals surface area contributed by atoms with E-state index in [2.05, 4.69) is 0 Å². The van der Waals surface area contributed by atoms with Gasteiger partial charge < -0.3 is 0 Å². The lowest BCUT2D eigenvalue weighted by Gasteiger charge is -2.08. The molecule has 0 amide bonds. The molecule has 0 bridgehead atoms. The lowest BCUT2D eigenvalue weighted by atomic mass is 9.99. The van der Waals surface area contributed by atoms with Gasteiger partial charge in [0.25, 0.3) is 0 Å². The SMILES string of the molecule is CC.Cc1ccc(-c2ccc(-c3ccc(Cl)cc3)c(F)c2)c(F)c1. The van der Waals surface area contributed by atoms with Gasteiger partial charge in [-0.05, 0) is 47.9 Å². The Balaban J connectivity index is 0.00000100. The molecule has 0 heterocycles. The summed E-state index contributed by atoms with van der Waals surface area (Å²) in [5.41, 5.74) is 2.95. The van der Waals surface area contributed by atoms with Crippen LogP contribution in [0.15, 0.2) is 60.7 Å². The monoisotopic (exact) mass is 344 g/mol. The van der Waals surface area contributed by atoms with Gasteiger partial charge in [-0.3, -0.25) is 0 Å². The highest BCUT2D eigenvalue weighted by Crippen LogP contribution is 2.30. The molecule has 3 heteroatoms. The number of hydrogen-bond acceptors (Lipinski definition) is 0. The molecular weight excluding hydrogens is 326 g/mol. The summed E-state index contributed by atoms with van der Waals surface area (Å²) in [6.07, 6.45) is 0. The molecule has 0 aliphatic rings. The highest BCUT2D eigenvalue weighted by molar-refractivity contribution is 6.30. The number of benzene rings is 3. The third kappa shape index (κ3) is 4.01. The Hall–Kier alpha value is -2.19. The van der Waals surface area contributed by atoms with Gasteiger partial charge in [-0.2, -0.15) is 0 Å². The first-order valence-corrected chi connectivity index (χ1v) is 8.24. The first-order chi connectivity index (χ1) is 11.5. The molecule has 0 aromatic heterocycles. The highest BCUT2D eigenvalue weighted by Gasteiger charge is 2.10. The van der Waals surface area contributed by atoms with E-state index >= 15 is 0 Å². The molecule has 0 N–H and O–H groups in total. The first-order valence-electron chi connectivity index (χ1n) is 7.86. The van der Waals surface area contributed by atoms with Crippen molar-refractivity contribution in [1.29, 1.82) is 0 Å². The van der Waals surface area contributed by atoms with E-state index < -0.39 is 0 Å². The van der Waals surface area contributed by atoms with Crippen LogP contribution in [0.2, 0.25) is 5.02 Å². The van der Waals surface area contributed by atoms with Gasteiger partial charge in [0.2, 0.25) is 0 Å². The number of halogens is 3. The summed E-state index contributed by atoms with van der Waals surface area (Å²) < 4.78 is 28.4. The Morgan fingerprint density at radius 3 is 1.75 bits per heavy atom. The quantitative estimate of drug-likeness (QED) is 0.458. The summed E-state index contributed by atoms with van der Waals surface area (Å²) >= 11 is 5.84. The van der Waals surface area contributed by atoms with Crippen molar-refractivity contribution in [1.82, 2.24) is 0 Å². The average Bonchev–Trinajstić information content (AvgIpc) is 2.58. The van der Waals surface area contributed by atoms with Gasteiger partial charge in [-0.15, -0.1) is 0 Å². The zero-order valence-corrected chi connectivity index (χ0v) is 14.7. The predicted molar refractivity (Wildman–Crippen MR) is 98.3 cm³/mol. The Morgan fingerprint density at radius 2 is 1.17 bits per heavy atom. The molecule has 0 aliphatic carbocycles. The van der Waals surface area contributed by atoms with Gasteiger partial charge in [-0.1, -0.05) is 61.8 Å².